The molecule has 4 atom stereocenters. The zero-order valence-corrected chi connectivity index (χ0v) is 24.2. The van der Waals surface area contributed by atoms with Crippen LogP contribution in [0.5, 0.6) is 0 Å². The van der Waals surface area contributed by atoms with Crippen LogP contribution in [0.3, 0.4) is 0 Å². The number of benzene rings is 2. The number of piperazine rings is 1. The second kappa shape index (κ2) is 10.5. The molecule has 2 aromatic rings. The van der Waals surface area contributed by atoms with Crippen LogP contribution >= 0.6 is 0 Å². The number of nitrogens with one attached hydrogen (secondary N) is 1. The van der Waals surface area contributed by atoms with Crippen molar-refractivity contribution in [3.8, 4) is 6.07 Å². The molecule has 2 amide bonds. The van der Waals surface area contributed by atoms with E-state index in [2.05, 4.69) is 76.3 Å². The van der Waals surface area contributed by atoms with E-state index in [1.54, 1.807) is 0 Å². The predicted octanol–water partition coefficient (Wildman–Crippen LogP) is 4.36. The van der Waals surface area contributed by atoms with Gasteiger partial charge in [-0.1, -0.05) is 55.1 Å². The maximum absolute atomic E-state index is 14.1. The first-order chi connectivity index (χ1) is 19.6. The van der Waals surface area contributed by atoms with Crippen molar-refractivity contribution in [3.63, 3.8) is 0 Å². The maximum atomic E-state index is 14.1. The van der Waals surface area contributed by atoms with Gasteiger partial charge in [-0.2, -0.15) is 5.26 Å². The number of hydrogen-bond acceptors (Lipinski definition) is 6. The van der Waals surface area contributed by atoms with Crippen molar-refractivity contribution in [3.05, 3.63) is 83.1 Å². The van der Waals surface area contributed by atoms with Gasteiger partial charge in [0.25, 0.3) is 0 Å². The van der Waals surface area contributed by atoms with E-state index in [-0.39, 0.29) is 30.1 Å². The summed E-state index contributed by atoms with van der Waals surface area (Å²) in [6.07, 6.45) is 2.80. The first kappa shape index (κ1) is 27.3. The minimum Gasteiger partial charge on any atom is -0.444 e. The fourth-order valence-electron chi connectivity index (χ4n) is 7.19. The van der Waals surface area contributed by atoms with E-state index in [4.69, 9.17) is 4.74 Å². The summed E-state index contributed by atoms with van der Waals surface area (Å²) >= 11 is 0. The Morgan fingerprint density at radius 3 is 2.41 bits per heavy atom. The lowest BCUT2D eigenvalue weighted by atomic mass is 9.81. The molecule has 1 N–H and O–H groups in total. The zero-order valence-electron chi connectivity index (χ0n) is 24.2. The molecule has 2 unspecified atom stereocenters. The molecule has 0 spiro atoms. The predicted molar refractivity (Wildman–Crippen MR) is 156 cm³/mol. The van der Waals surface area contributed by atoms with Crippen molar-refractivity contribution in [2.24, 2.45) is 0 Å². The van der Waals surface area contributed by atoms with E-state index in [9.17, 15) is 14.9 Å². The van der Waals surface area contributed by atoms with Gasteiger partial charge < -0.3 is 19.9 Å². The van der Waals surface area contributed by atoms with E-state index in [0.29, 0.717) is 12.2 Å². The van der Waals surface area contributed by atoms with Crippen LogP contribution in [0.1, 0.15) is 68.3 Å². The molecule has 214 valence electrons. The average molecular weight is 554 g/mol. The largest absolute Gasteiger partial charge is 0.444 e. The van der Waals surface area contributed by atoms with E-state index >= 15 is 0 Å². The minimum atomic E-state index is -0.644. The summed E-state index contributed by atoms with van der Waals surface area (Å²) in [5, 5.41) is 12.7. The highest BCUT2D eigenvalue weighted by atomic mass is 16.6. The molecule has 2 bridgehead atoms. The van der Waals surface area contributed by atoms with Crippen LogP contribution in [0.15, 0.2) is 60.8 Å². The summed E-state index contributed by atoms with van der Waals surface area (Å²) in [5.74, 6) is 0.135. The first-order valence-electron chi connectivity index (χ1n) is 14.7. The second-order valence-corrected chi connectivity index (χ2v) is 12.8. The third kappa shape index (κ3) is 5.08. The Hall–Kier alpha value is -3.83. The number of fused-ring (bicyclic) bond motifs is 4. The van der Waals surface area contributed by atoms with Gasteiger partial charge in [-0.25, -0.2) is 4.79 Å². The quantitative estimate of drug-likeness (QED) is 0.572. The van der Waals surface area contributed by atoms with Gasteiger partial charge in [0.05, 0.1) is 24.2 Å². The van der Waals surface area contributed by atoms with Crippen LogP contribution in [0.25, 0.3) is 0 Å². The number of nitrogens with zero attached hydrogens (tertiary/aromatic N) is 4. The van der Waals surface area contributed by atoms with Crippen molar-refractivity contribution in [1.82, 2.24) is 20.0 Å². The van der Waals surface area contributed by atoms with Crippen LogP contribution in [-0.4, -0.2) is 76.1 Å². The Balaban J connectivity index is 1.24. The van der Waals surface area contributed by atoms with Crippen LogP contribution in [0.4, 0.5) is 4.79 Å². The molecule has 0 radical (unpaired) electrons. The molecule has 0 saturated carbocycles. The van der Waals surface area contributed by atoms with Gasteiger partial charge in [-0.05, 0) is 68.7 Å². The highest BCUT2D eigenvalue weighted by Crippen LogP contribution is 2.45. The molecule has 3 heterocycles. The normalized spacial score (nSPS) is 24.5. The number of rotatable bonds is 6. The van der Waals surface area contributed by atoms with E-state index in [1.807, 2.05) is 25.7 Å². The maximum Gasteiger partial charge on any atom is 0.408 e. The van der Waals surface area contributed by atoms with Crippen LogP contribution in [0, 0.1) is 11.3 Å². The number of alkyl carbamates (subject to hydrolysis) is 1. The standard InChI is InChI=1S/C33H39N5O3/c1-21(37-15-9-12-24(37)18-34)28(35-32(40)41-33(2,3)4)20-36-19-25-17-29(36)31(39)38(25)30-26-13-7-5-10-22(26)16-23-11-6-8-14-27(23)30/h5-8,10-11,13-14,24-25,28-30H,1,9,12,15-17,19-20H2,2-4H3,(H,35,40)/t24?,25?,28-,29-/m0/s1. The van der Waals surface area contributed by atoms with Crippen LogP contribution in [0.2, 0.25) is 0 Å². The van der Waals surface area contributed by atoms with Gasteiger partial charge in [0.15, 0.2) is 0 Å². The zero-order chi connectivity index (χ0) is 28.9. The highest BCUT2D eigenvalue weighted by Gasteiger charge is 2.53. The molecule has 8 heteroatoms. The van der Waals surface area contributed by atoms with Gasteiger partial charge in [-0.3, -0.25) is 9.69 Å². The Morgan fingerprint density at radius 2 is 1.80 bits per heavy atom. The summed E-state index contributed by atoms with van der Waals surface area (Å²) in [6, 6.07) is 18.3. The molecule has 6 rings (SSSR count). The molecule has 1 aliphatic carbocycles. The van der Waals surface area contributed by atoms with Crippen molar-refractivity contribution < 1.29 is 14.3 Å². The molecule has 41 heavy (non-hydrogen) atoms. The van der Waals surface area contributed by atoms with Crippen LogP contribution < -0.4 is 5.32 Å². The monoisotopic (exact) mass is 553 g/mol. The molecule has 4 aliphatic rings. The van der Waals surface area contributed by atoms with Crippen molar-refractivity contribution >= 4 is 12.0 Å². The lowest BCUT2D eigenvalue weighted by Gasteiger charge is -2.43. The number of amides is 2. The highest BCUT2D eigenvalue weighted by molar-refractivity contribution is 5.87. The molecular formula is C33H39N5O3. The number of carbonyl (C=O) groups excluding carboxylic acids is 2. The number of nitriles is 1. The Morgan fingerprint density at radius 1 is 1.15 bits per heavy atom. The molecule has 0 aromatic heterocycles. The second-order valence-electron chi connectivity index (χ2n) is 12.8. The molecular weight excluding hydrogens is 514 g/mol. The first-order valence-corrected chi connectivity index (χ1v) is 14.7. The van der Waals surface area contributed by atoms with Gasteiger partial charge >= 0.3 is 6.09 Å². The van der Waals surface area contributed by atoms with E-state index < -0.39 is 17.7 Å². The molecule has 2 aromatic carbocycles. The summed E-state index contributed by atoms with van der Waals surface area (Å²) in [5.41, 5.74) is 5.04. The third-order valence-electron chi connectivity index (χ3n) is 8.95. The Bertz CT molecular complexity index is 1360. The third-order valence-corrected chi connectivity index (χ3v) is 8.95. The van der Waals surface area contributed by atoms with Gasteiger partial charge in [0.2, 0.25) is 5.91 Å². The smallest absolute Gasteiger partial charge is 0.408 e. The number of ether oxygens (including phenoxy) is 1. The lowest BCUT2D eigenvalue weighted by Crippen LogP contribution is -2.56. The SMILES string of the molecule is C=C([C@H](CN1CC2C[C@H]1C(=O)N2C1c2ccccc2Cc2ccccc21)NC(=O)OC(C)(C)C)N1CCCC1C#N. The molecule has 8 nitrogen and oxygen atoms in total. The fraction of sp³-hybridized carbons (Fsp3) is 0.485. The van der Waals surface area contributed by atoms with E-state index in [1.165, 1.54) is 22.3 Å². The number of carbonyl (C=O) groups is 2. The van der Waals surface area contributed by atoms with Crippen molar-refractivity contribution in [2.45, 2.75) is 82.3 Å². The van der Waals surface area contributed by atoms with Crippen molar-refractivity contribution in [1.29, 1.82) is 5.26 Å². The van der Waals surface area contributed by atoms with Gasteiger partial charge in [0.1, 0.15) is 11.6 Å². The van der Waals surface area contributed by atoms with Gasteiger partial charge in [-0.15, -0.1) is 0 Å². The molecule has 3 aliphatic heterocycles. The summed E-state index contributed by atoms with van der Waals surface area (Å²) in [6.45, 7) is 11.7. The lowest BCUT2D eigenvalue weighted by molar-refractivity contribution is -0.138. The summed E-state index contributed by atoms with van der Waals surface area (Å²) < 4.78 is 5.58. The number of likely N-dealkylation sites (tertiary alicyclic amines) is 3. The minimum absolute atomic E-state index is 0.0748. The Kier molecular flexibility index (Phi) is 7.03. The molecule has 3 fully saturated rings. The average Bonchev–Trinajstić information content (AvgIpc) is 3.65. The summed E-state index contributed by atoms with van der Waals surface area (Å²) in [7, 11) is 0. The summed E-state index contributed by atoms with van der Waals surface area (Å²) in [4.78, 5) is 33.3. The van der Waals surface area contributed by atoms with Gasteiger partial charge in [0, 0.05) is 31.4 Å². The number of hydrogen-bond donors (Lipinski definition) is 1. The fourth-order valence-corrected chi connectivity index (χ4v) is 7.19. The van der Waals surface area contributed by atoms with Crippen LogP contribution in [-0.2, 0) is 16.0 Å². The topological polar surface area (TPSA) is 88.9 Å². The molecule has 3 saturated heterocycles. The Labute approximate surface area is 242 Å². The van der Waals surface area contributed by atoms with Crippen molar-refractivity contribution in [2.75, 3.05) is 19.6 Å². The van der Waals surface area contributed by atoms with E-state index in [0.717, 1.165) is 38.8 Å².